The van der Waals surface area contributed by atoms with E-state index in [1.54, 1.807) is 30.0 Å². The Morgan fingerprint density at radius 2 is 2.06 bits per heavy atom. The number of rotatable bonds is 6. The minimum atomic E-state index is -0.376. The van der Waals surface area contributed by atoms with Gasteiger partial charge in [-0.15, -0.1) is 0 Å². The number of hydrogen-bond acceptors (Lipinski definition) is 7. The van der Waals surface area contributed by atoms with E-state index in [1.165, 1.54) is 0 Å². The molecule has 1 aromatic carbocycles. The summed E-state index contributed by atoms with van der Waals surface area (Å²) in [6.07, 6.45) is 3.42. The van der Waals surface area contributed by atoms with Crippen LogP contribution in [0.5, 0.6) is 5.75 Å². The van der Waals surface area contributed by atoms with Crippen molar-refractivity contribution < 1.29 is 23.5 Å². The van der Waals surface area contributed by atoms with Gasteiger partial charge in [0.1, 0.15) is 5.75 Å². The third-order valence-corrected chi connectivity index (χ3v) is 6.53. The number of amides is 3. The number of oxazole rings is 1. The SMILES string of the molecule is COc1cc(N2CCC(=O)N(CC(=O)N3CCCC(C(N)=O)C3)CC2)ccc1-c1cnc(C)o1. The zero-order valence-corrected chi connectivity index (χ0v) is 19.7. The number of piperidine rings is 1. The second-order valence-electron chi connectivity index (χ2n) is 8.76. The summed E-state index contributed by atoms with van der Waals surface area (Å²) in [5.41, 5.74) is 7.16. The number of nitrogens with two attached hydrogens (primary N) is 1. The van der Waals surface area contributed by atoms with Gasteiger partial charge in [-0.25, -0.2) is 4.98 Å². The molecule has 34 heavy (non-hydrogen) atoms. The van der Waals surface area contributed by atoms with E-state index in [-0.39, 0.29) is 30.2 Å². The first-order valence-corrected chi connectivity index (χ1v) is 11.6. The van der Waals surface area contributed by atoms with Gasteiger partial charge in [0.25, 0.3) is 0 Å². The average Bonchev–Trinajstić information content (AvgIpc) is 3.19. The summed E-state index contributed by atoms with van der Waals surface area (Å²) in [6, 6.07) is 5.82. The minimum absolute atomic E-state index is 0.0191. The van der Waals surface area contributed by atoms with E-state index in [0.29, 0.717) is 63.0 Å². The summed E-state index contributed by atoms with van der Waals surface area (Å²) < 4.78 is 11.2. The zero-order chi connectivity index (χ0) is 24.2. The van der Waals surface area contributed by atoms with Crippen molar-refractivity contribution in [2.45, 2.75) is 26.2 Å². The van der Waals surface area contributed by atoms with Crippen LogP contribution in [0, 0.1) is 12.8 Å². The van der Waals surface area contributed by atoms with Gasteiger partial charge in [0, 0.05) is 57.8 Å². The molecule has 3 amide bonds. The topological polar surface area (TPSA) is 122 Å². The molecule has 3 heterocycles. The molecule has 10 nitrogen and oxygen atoms in total. The average molecular weight is 470 g/mol. The Hall–Kier alpha value is -3.56. The van der Waals surface area contributed by atoms with Crippen molar-refractivity contribution in [1.82, 2.24) is 14.8 Å². The summed E-state index contributed by atoms with van der Waals surface area (Å²) in [5.74, 6) is 0.988. The van der Waals surface area contributed by atoms with E-state index in [0.717, 1.165) is 17.7 Å². The number of methoxy groups -OCH3 is 1. The smallest absolute Gasteiger partial charge is 0.242 e. The maximum absolute atomic E-state index is 12.8. The number of nitrogens with zero attached hydrogens (tertiary/aromatic N) is 4. The van der Waals surface area contributed by atoms with E-state index in [2.05, 4.69) is 9.88 Å². The molecule has 2 N–H and O–H groups in total. The number of primary amides is 1. The lowest BCUT2D eigenvalue weighted by molar-refractivity contribution is -0.142. The maximum Gasteiger partial charge on any atom is 0.242 e. The first-order chi connectivity index (χ1) is 16.4. The van der Waals surface area contributed by atoms with Crippen LogP contribution >= 0.6 is 0 Å². The molecular formula is C24H31N5O5. The van der Waals surface area contributed by atoms with E-state index >= 15 is 0 Å². The van der Waals surface area contributed by atoms with Crippen molar-refractivity contribution in [3.8, 4) is 17.1 Å². The number of anilines is 1. The monoisotopic (exact) mass is 469 g/mol. The normalized spacial score (nSPS) is 19.2. The van der Waals surface area contributed by atoms with E-state index in [9.17, 15) is 14.4 Å². The number of carbonyl (C=O) groups excluding carboxylic acids is 3. The molecule has 0 bridgehead atoms. The highest BCUT2D eigenvalue weighted by Gasteiger charge is 2.30. The van der Waals surface area contributed by atoms with Gasteiger partial charge < -0.3 is 29.6 Å². The number of likely N-dealkylation sites (tertiary alicyclic amines) is 1. The number of aryl methyl sites for hydroxylation is 1. The molecule has 1 atom stereocenters. The third kappa shape index (κ3) is 5.16. The Balaban J connectivity index is 1.41. The molecule has 0 radical (unpaired) electrons. The van der Waals surface area contributed by atoms with Gasteiger partial charge in [-0.05, 0) is 25.0 Å². The third-order valence-electron chi connectivity index (χ3n) is 6.53. The predicted molar refractivity (Wildman–Crippen MR) is 125 cm³/mol. The van der Waals surface area contributed by atoms with Crippen LogP contribution in [0.2, 0.25) is 0 Å². The van der Waals surface area contributed by atoms with Gasteiger partial charge in [0.05, 0.1) is 31.3 Å². The quantitative estimate of drug-likeness (QED) is 0.679. The fraction of sp³-hybridized carbons (Fsp3) is 0.500. The predicted octanol–water partition coefficient (Wildman–Crippen LogP) is 1.42. The number of ether oxygens (including phenoxy) is 1. The first-order valence-electron chi connectivity index (χ1n) is 11.6. The second kappa shape index (κ2) is 10.1. The van der Waals surface area contributed by atoms with E-state index in [1.807, 2.05) is 18.2 Å². The molecule has 0 spiro atoms. The lowest BCUT2D eigenvalue weighted by Crippen LogP contribution is -2.48. The fourth-order valence-corrected chi connectivity index (χ4v) is 4.56. The molecule has 2 saturated heterocycles. The standard InChI is InChI=1S/C24H31N5O5/c1-16-26-13-21(34-16)19-6-5-18(12-20(19)33-2)27-9-7-22(30)29(11-10-27)15-23(31)28-8-3-4-17(14-28)24(25)32/h5-6,12-13,17H,3-4,7-11,14-15H2,1-2H3,(H2,25,32). The minimum Gasteiger partial charge on any atom is -0.496 e. The molecule has 0 saturated carbocycles. The van der Waals surface area contributed by atoms with Crippen LogP contribution < -0.4 is 15.4 Å². The number of carbonyl (C=O) groups is 3. The Kier molecular flexibility index (Phi) is 7.04. The number of benzene rings is 1. The summed E-state index contributed by atoms with van der Waals surface area (Å²) in [4.78, 5) is 46.7. The second-order valence-corrected chi connectivity index (χ2v) is 8.76. The van der Waals surface area contributed by atoms with Crippen LogP contribution in [0.1, 0.15) is 25.2 Å². The van der Waals surface area contributed by atoms with Crippen LogP contribution in [-0.2, 0) is 14.4 Å². The van der Waals surface area contributed by atoms with Crippen molar-refractivity contribution in [2.75, 3.05) is 51.3 Å². The van der Waals surface area contributed by atoms with Crippen molar-refractivity contribution >= 4 is 23.4 Å². The van der Waals surface area contributed by atoms with Crippen molar-refractivity contribution in [1.29, 1.82) is 0 Å². The highest BCUT2D eigenvalue weighted by molar-refractivity contribution is 5.86. The fourth-order valence-electron chi connectivity index (χ4n) is 4.56. The Bertz CT molecular complexity index is 1070. The van der Waals surface area contributed by atoms with Crippen LogP contribution in [0.15, 0.2) is 28.8 Å². The Morgan fingerprint density at radius 3 is 2.76 bits per heavy atom. The van der Waals surface area contributed by atoms with E-state index < -0.39 is 0 Å². The van der Waals surface area contributed by atoms with Gasteiger partial charge in [0.2, 0.25) is 17.7 Å². The van der Waals surface area contributed by atoms with Gasteiger partial charge in [0.15, 0.2) is 11.7 Å². The Morgan fingerprint density at radius 1 is 1.24 bits per heavy atom. The molecule has 1 aromatic heterocycles. The summed E-state index contributed by atoms with van der Waals surface area (Å²) in [7, 11) is 1.61. The first kappa shape index (κ1) is 23.6. The van der Waals surface area contributed by atoms with E-state index in [4.69, 9.17) is 14.9 Å². The number of hydrogen-bond donors (Lipinski definition) is 1. The van der Waals surface area contributed by atoms with Crippen molar-refractivity contribution in [2.24, 2.45) is 11.7 Å². The zero-order valence-electron chi connectivity index (χ0n) is 19.7. The molecule has 0 aliphatic carbocycles. The maximum atomic E-state index is 12.8. The van der Waals surface area contributed by atoms with Crippen LogP contribution in [0.4, 0.5) is 5.69 Å². The van der Waals surface area contributed by atoms with Crippen LogP contribution in [0.3, 0.4) is 0 Å². The van der Waals surface area contributed by atoms with Crippen LogP contribution in [-0.4, -0.2) is 78.9 Å². The molecule has 2 aromatic rings. The molecule has 2 fully saturated rings. The van der Waals surface area contributed by atoms with Crippen molar-refractivity contribution in [3.63, 3.8) is 0 Å². The molecule has 4 rings (SSSR count). The molecule has 2 aliphatic rings. The van der Waals surface area contributed by atoms with Crippen molar-refractivity contribution in [3.05, 3.63) is 30.3 Å². The lowest BCUT2D eigenvalue weighted by atomic mass is 9.97. The highest BCUT2D eigenvalue weighted by Crippen LogP contribution is 2.34. The molecule has 10 heteroatoms. The van der Waals surface area contributed by atoms with Gasteiger partial charge in [-0.3, -0.25) is 14.4 Å². The Labute approximate surface area is 198 Å². The summed E-state index contributed by atoms with van der Waals surface area (Å²) in [6.45, 7) is 4.30. The molecular weight excluding hydrogens is 438 g/mol. The van der Waals surface area contributed by atoms with Crippen LogP contribution in [0.25, 0.3) is 11.3 Å². The van der Waals surface area contributed by atoms with Gasteiger partial charge >= 0.3 is 0 Å². The highest BCUT2D eigenvalue weighted by atomic mass is 16.5. The molecule has 182 valence electrons. The van der Waals surface area contributed by atoms with Gasteiger partial charge in [-0.2, -0.15) is 0 Å². The van der Waals surface area contributed by atoms with Gasteiger partial charge in [-0.1, -0.05) is 0 Å². The summed E-state index contributed by atoms with van der Waals surface area (Å²) in [5, 5.41) is 0. The lowest BCUT2D eigenvalue weighted by Gasteiger charge is -2.33. The molecule has 2 aliphatic heterocycles. The summed E-state index contributed by atoms with van der Waals surface area (Å²) >= 11 is 0. The molecule has 1 unspecified atom stereocenters. The number of aromatic nitrogens is 1. The largest absolute Gasteiger partial charge is 0.496 e.